The van der Waals surface area contributed by atoms with Crippen molar-refractivity contribution in [2.75, 3.05) is 13.1 Å². The SMILES string of the molecule is CC(C)c1nc(C(=O)N2C[C@@H](N)[C@H](c3ccccc3)C2)cs1. The second kappa shape index (κ2) is 6.18. The Balaban J connectivity index is 1.74. The minimum absolute atomic E-state index is 0.00275. The van der Waals surface area contributed by atoms with Gasteiger partial charge >= 0.3 is 0 Å². The summed E-state index contributed by atoms with van der Waals surface area (Å²) in [5, 5.41) is 2.87. The fourth-order valence-corrected chi connectivity index (χ4v) is 3.67. The smallest absolute Gasteiger partial charge is 0.273 e. The van der Waals surface area contributed by atoms with Crippen molar-refractivity contribution in [2.24, 2.45) is 5.73 Å². The van der Waals surface area contributed by atoms with Crippen LogP contribution >= 0.6 is 11.3 Å². The zero-order valence-electron chi connectivity index (χ0n) is 12.9. The van der Waals surface area contributed by atoms with E-state index < -0.39 is 0 Å². The molecule has 2 heterocycles. The van der Waals surface area contributed by atoms with Crippen molar-refractivity contribution in [2.45, 2.75) is 31.7 Å². The molecule has 0 spiro atoms. The van der Waals surface area contributed by atoms with Gasteiger partial charge in [0.1, 0.15) is 5.69 Å². The lowest BCUT2D eigenvalue weighted by Gasteiger charge is -2.15. The number of thiazole rings is 1. The Morgan fingerprint density at radius 2 is 2.05 bits per heavy atom. The molecular formula is C17H21N3OS. The summed E-state index contributed by atoms with van der Waals surface area (Å²) >= 11 is 1.55. The van der Waals surface area contributed by atoms with Gasteiger partial charge in [-0.3, -0.25) is 4.79 Å². The Morgan fingerprint density at radius 3 is 2.68 bits per heavy atom. The maximum Gasteiger partial charge on any atom is 0.273 e. The van der Waals surface area contributed by atoms with Crippen LogP contribution in [0.2, 0.25) is 0 Å². The highest BCUT2D eigenvalue weighted by molar-refractivity contribution is 7.09. The third kappa shape index (κ3) is 2.91. The molecule has 1 amide bonds. The number of likely N-dealkylation sites (tertiary alicyclic amines) is 1. The van der Waals surface area contributed by atoms with E-state index in [2.05, 4.69) is 31.0 Å². The summed E-state index contributed by atoms with van der Waals surface area (Å²) in [6, 6.07) is 10.2. The Bertz CT molecular complexity index is 653. The number of rotatable bonds is 3. The summed E-state index contributed by atoms with van der Waals surface area (Å²) in [4.78, 5) is 18.9. The molecule has 4 nitrogen and oxygen atoms in total. The number of amides is 1. The number of hydrogen-bond acceptors (Lipinski definition) is 4. The summed E-state index contributed by atoms with van der Waals surface area (Å²) < 4.78 is 0. The van der Waals surface area contributed by atoms with Gasteiger partial charge in [-0.05, 0) is 5.56 Å². The second-order valence-electron chi connectivity index (χ2n) is 6.12. The van der Waals surface area contributed by atoms with E-state index >= 15 is 0 Å². The van der Waals surface area contributed by atoms with E-state index in [1.807, 2.05) is 28.5 Å². The number of carbonyl (C=O) groups excluding carboxylic acids is 1. The Kier molecular flexibility index (Phi) is 4.27. The molecule has 1 saturated heterocycles. The first-order chi connectivity index (χ1) is 10.6. The normalized spacial score (nSPS) is 21.5. The van der Waals surface area contributed by atoms with Crippen molar-refractivity contribution >= 4 is 17.2 Å². The molecule has 2 atom stereocenters. The van der Waals surface area contributed by atoms with Crippen LogP contribution < -0.4 is 5.73 Å². The first-order valence-electron chi connectivity index (χ1n) is 7.61. The standard InChI is InChI=1S/C17H21N3OS/c1-11(2)16-19-15(10-22-16)17(21)20-8-13(14(18)9-20)12-6-4-3-5-7-12/h3-7,10-11,13-14H,8-9,18H2,1-2H3/t13-,14+/m0/s1. The van der Waals surface area contributed by atoms with Gasteiger partial charge in [-0.15, -0.1) is 11.3 Å². The molecule has 116 valence electrons. The summed E-state index contributed by atoms with van der Waals surface area (Å²) in [6.45, 7) is 5.43. The second-order valence-corrected chi connectivity index (χ2v) is 7.01. The highest BCUT2D eigenvalue weighted by Gasteiger charge is 2.34. The summed E-state index contributed by atoms with van der Waals surface area (Å²) in [5.41, 5.74) is 8.01. The lowest BCUT2D eigenvalue weighted by atomic mass is 9.95. The van der Waals surface area contributed by atoms with Gasteiger partial charge < -0.3 is 10.6 Å². The van der Waals surface area contributed by atoms with Gasteiger partial charge in [-0.25, -0.2) is 4.98 Å². The van der Waals surface area contributed by atoms with Crippen molar-refractivity contribution < 1.29 is 4.79 Å². The highest BCUT2D eigenvalue weighted by Crippen LogP contribution is 2.28. The number of nitrogens with zero attached hydrogens (tertiary/aromatic N) is 2. The minimum Gasteiger partial charge on any atom is -0.335 e. The van der Waals surface area contributed by atoms with Crippen LogP contribution in [0.5, 0.6) is 0 Å². The fourth-order valence-electron chi connectivity index (χ4n) is 2.86. The van der Waals surface area contributed by atoms with E-state index in [0.29, 0.717) is 24.7 Å². The average molecular weight is 315 g/mol. The van der Waals surface area contributed by atoms with E-state index in [1.165, 1.54) is 5.56 Å². The summed E-state index contributed by atoms with van der Waals surface area (Å²) in [5.74, 6) is 0.551. The number of aromatic nitrogens is 1. The van der Waals surface area contributed by atoms with Crippen LogP contribution in [-0.2, 0) is 0 Å². The van der Waals surface area contributed by atoms with Crippen LogP contribution in [0.25, 0.3) is 0 Å². The lowest BCUT2D eigenvalue weighted by Crippen LogP contribution is -2.32. The van der Waals surface area contributed by atoms with Crippen LogP contribution in [-0.4, -0.2) is 34.9 Å². The number of carbonyl (C=O) groups is 1. The lowest BCUT2D eigenvalue weighted by molar-refractivity contribution is 0.0784. The molecule has 2 aromatic rings. The summed E-state index contributed by atoms with van der Waals surface area (Å²) in [7, 11) is 0. The largest absolute Gasteiger partial charge is 0.335 e. The maximum atomic E-state index is 12.6. The third-order valence-electron chi connectivity index (χ3n) is 4.12. The first-order valence-corrected chi connectivity index (χ1v) is 8.49. The molecule has 1 aromatic heterocycles. The molecule has 3 rings (SSSR count). The zero-order chi connectivity index (χ0) is 15.7. The van der Waals surface area contributed by atoms with E-state index in [-0.39, 0.29) is 17.9 Å². The predicted molar refractivity (Wildman–Crippen MR) is 89.3 cm³/mol. The molecule has 22 heavy (non-hydrogen) atoms. The van der Waals surface area contributed by atoms with Crippen LogP contribution in [0.4, 0.5) is 0 Å². The quantitative estimate of drug-likeness (QED) is 0.947. The van der Waals surface area contributed by atoms with Gasteiger partial charge in [0.25, 0.3) is 5.91 Å². The van der Waals surface area contributed by atoms with Crippen molar-refractivity contribution in [1.82, 2.24) is 9.88 Å². The average Bonchev–Trinajstić information content (AvgIpc) is 3.14. The minimum atomic E-state index is -0.0189. The third-order valence-corrected chi connectivity index (χ3v) is 5.26. The van der Waals surface area contributed by atoms with Crippen molar-refractivity contribution in [1.29, 1.82) is 0 Å². The molecule has 0 saturated carbocycles. The molecule has 2 N–H and O–H groups in total. The van der Waals surface area contributed by atoms with Gasteiger partial charge in [0.15, 0.2) is 0 Å². The molecule has 1 aliphatic heterocycles. The molecular weight excluding hydrogens is 294 g/mol. The maximum absolute atomic E-state index is 12.6. The number of hydrogen-bond donors (Lipinski definition) is 1. The molecule has 0 radical (unpaired) electrons. The Morgan fingerprint density at radius 1 is 1.32 bits per heavy atom. The number of nitrogens with two attached hydrogens (primary N) is 1. The van der Waals surface area contributed by atoms with Crippen molar-refractivity contribution in [3.63, 3.8) is 0 Å². The van der Waals surface area contributed by atoms with Gasteiger partial charge in [-0.1, -0.05) is 44.2 Å². The van der Waals surface area contributed by atoms with E-state index in [4.69, 9.17) is 5.73 Å². The molecule has 0 unspecified atom stereocenters. The van der Waals surface area contributed by atoms with Gasteiger partial charge in [0, 0.05) is 36.3 Å². The predicted octanol–water partition coefficient (Wildman–Crippen LogP) is 2.83. The van der Waals surface area contributed by atoms with Crippen LogP contribution in [0.15, 0.2) is 35.7 Å². The molecule has 0 aliphatic carbocycles. The van der Waals surface area contributed by atoms with Crippen molar-refractivity contribution in [3.05, 3.63) is 52.0 Å². The highest BCUT2D eigenvalue weighted by atomic mass is 32.1. The van der Waals surface area contributed by atoms with Crippen LogP contribution in [0, 0.1) is 0 Å². The Labute approximate surface area is 135 Å². The molecule has 1 aliphatic rings. The summed E-state index contributed by atoms with van der Waals surface area (Å²) in [6.07, 6.45) is 0. The zero-order valence-corrected chi connectivity index (χ0v) is 13.7. The number of benzene rings is 1. The van der Waals surface area contributed by atoms with E-state index in [9.17, 15) is 4.79 Å². The monoisotopic (exact) mass is 315 g/mol. The fraction of sp³-hybridized carbons (Fsp3) is 0.412. The molecule has 5 heteroatoms. The molecule has 1 fully saturated rings. The van der Waals surface area contributed by atoms with Crippen LogP contribution in [0.1, 0.15) is 46.7 Å². The van der Waals surface area contributed by atoms with E-state index in [1.54, 1.807) is 11.3 Å². The van der Waals surface area contributed by atoms with Gasteiger partial charge in [0.2, 0.25) is 0 Å². The molecule has 1 aromatic carbocycles. The van der Waals surface area contributed by atoms with Crippen molar-refractivity contribution in [3.8, 4) is 0 Å². The van der Waals surface area contributed by atoms with Gasteiger partial charge in [0.05, 0.1) is 5.01 Å². The molecule has 0 bridgehead atoms. The van der Waals surface area contributed by atoms with E-state index in [0.717, 1.165) is 5.01 Å². The van der Waals surface area contributed by atoms with Gasteiger partial charge in [-0.2, -0.15) is 0 Å². The van der Waals surface area contributed by atoms with Crippen LogP contribution in [0.3, 0.4) is 0 Å². The first kappa shape index (κ1) is 15.2. The topological polar surface area (TPSA) is 59.2 Å². The Hall–Kier alpha value is -1.72.